The fourth-order valence-electron chi connectivity index (χ4n) is 3.56. The molecule has 1 aromatic rings. The van der Waals surface area contributed by atoms with Crippen molar-refractivity contribution in [3.63, 3.8) is 0 Å². The van der Waals surface area contributed by atoms with E-state index in [4.69, 9.17) is 9.47 Å². The molecule has 6 heteroatoms. The van der Waals surface area contributed by atoms with Crippen LogP contribution in [0.15, 0.2) is 18.2 Å². The third-order valence-corrected chi connectivity index (χ3v) is 5.05. The molecule has 2 heterocycles. The number of ether oxygens (including phenoxy) is 2. The van der Waals surface area contributed by atoms with Crippen LogP contribution in [-0.2, 0) is 16.1 Å². The minimum Gasteiger partial charge on any atom is -0.486 e. The molecule has 0 aromatic heterocycles. The lowest BCUT2D eigenvalue weighted by atomic mass is 9.94. The third-order valence-electron chi connectivity index (χ3n) is 5.05. The van der Waals surface area contributed by atoms with E-state index in [1.807, 2.05) is 44.0 Å². The van der Waals surface area contributed by atoms with Crippen LogP contribution in [0.4, 0.5) is 0 Å². The van der Waals surface area contributed by atoms with Gasteiger partial charge in [-0.25, -0.2) is 0 Å². The van der Waals surface area contributed by atoms with Gasteiger partial charge in [-0.2, -0.15) is 0 Å². The van der Waals surface area contributed by atoms with Crippen molar-refractivity contribution in [2.75, 3.05) is 33.4 Å². The number of hydrogen-bond donors (Lipinski definition) is 0. The predicted molar refractivity (Wildman–Crippen MR) is 98.0 cm³/mol. The molecule has 0 bridgehead atoms. The summed E-state index contributed by atoms with van der Waals surface area (Å²) in [5, 5.41) is 0. The van der Waals surface area contributed by atoms with Crippen molar-refractivity contribution >= 4 is 11.8 Å². The van der Waals surface area contributed by atoms with Crippen molar-refractivity contribution < 1.29 is 19.1 Å². The van der Waals surface area contributed by atoms with E-state index in [0.717, 1.165) is 29.9 Å². The van der Waals surface area contributed by atoms with Crippen LogP contribution in [0.3, 0.4) is 0 Å². The van der Waals surface area contributed by atoms with Crippen LogP contribution in [0.2, 0.25) is 0 Å². The van der Waals surface area contributed by atoms with Crippen LogP contribution in [0.1, 0.15) is 32.3 Å². The Balaban J connectivity index is 1.54. The summed E-state index contributed by atoms with van der Waals surface area (Å²) < 4.78 is 11.1. The van der Waals surface area contributed by atoms with E-state index in [9.17, 15) is 9.59 Å². The Morgan fingerprint density at radius 2 is 1.81 bits per heavy atom. The average molecular weight is 360 g/mol. The highest BCUT2D eigenvalue weighted by molar-refractivity contribution is 5.80. The van der Waals surface area contributed by atoms with E-state index in [1.54, 1.807) is 4.90 Å². The highest BCUT2D eigenvalue weighted by atomic mass is 16.6. The van der Waals surface area contributed by atoms with Gasteiger partial charge in [-0.15, -0.1) is 0 Å². The topological polar surface area (TPSA) is 59.1 Å². The Bertz CT molecular complexity index is 666. The Labute approximate surface area is 155 Å². The average Bonchev–Trinajstić information content (AvgIpc) is 2.66. The van der Waals surface area contributed by atoms with E-state index in [1.165, 1.54) is 0 Å². The summed E-state index contributed by atoms with van der Waals surface area (Å²) >= 11 is 0. The molecule has 2 amide bonds. The first-order valence-electron chi connectivity index (χ1n) is 9.38. The quantitative estimate of drug-likeness (QED) is 0.827. The maximum atomic E-state index is 12.8. The van der Waals surface area contributed by atoms with E-state index in [0.29, 0.717) is 32.8 Å². The fraction of sp³-hybridized carbons (Fsp3) is 0.600. The Hall–Kier alpha value is -2.24. The maximum Gasteiger partial charge on any atom is 0.225 e. The number of piperidine rings is 1. The van der Waals surface area contributed by atoms with Crippen molar-refractivity contribution in [1.82, 2.24) is 9.80 Å². The molecule has 1 aromatic carbocycles. The summed E-state index contributed by atoms with van der Waals surface area (Å²) in [6.07, 6.45) is 1.48. The summed E-state index contributed by atoms with van der Waals surface area (Å²) in [6.45, 7) is 6.85. The van der Waals surface area contributed by atoms with Gasteiger partial charge in [0, 0.05) is 38.5 Å². The number of rotatable bonds is 4. The maximum absolute atomic E-state index is 12.8. The zero-order valence-corrected chi connectivity index (χ0v) is 15.9. The second-order valence-electron chi connectivity index (χ2n) is 7.43. The van der Waals surface area contributed by atoms with Gasteiger partial charge in [-0.3, -0.25) is 9.59 Å². The summed E-state index contributed by atoms with van der Waals surface area (Å²) in [7, 11) is 1.84. The minimum absolute atomic E-state index is 0.00609. The van der Waals surface area contributed by atoms with Gasteiger partial charge in [0.25, 0.3) is 0 Å². The van der Waals surface area contributed by atoms with Crippen molar-refractivity contribution in [1.29, 1.82) is 0 Å². The molecule has 3 rings (SSSR count). The van der Waals surface area contributed by atoms with E-state index in [-0.39, 0.29) is 23.7 Å². The number of nitrogens with zero attached hydrogens (tertiary/aromatic N) is 2. The summed E-state index contributed by atoms with van der Waals surface area (Å²) in [6, 6.07) is 5.82. The molecular weight excluding hydrogens is 332 g/mol. The number of amides is 2. The Morgan fingerprint density at radius 1 is 1.15 bits per heavy atom. The number of hydrogen-bond acceptors (Lipinski definition) is 4. The molecule has 1 fully saturated rings. The zero-order chi connectivity index (χ0) is 18.7. The van der Waals surface area contributed by atoms with E-state index >= 15 is 0 Å². The summed E-state index contributed by atoms with van der Waals surface area (Å²) in [4.78, 5) is 28.5. The lowest BCUT2D eigenvalue weighted by Crippen LogP contribution is -2.44. The minimum atomic E-state index is -0.00609. The largest absolute Gasteiger partial charge is 0.486 e. The predicted octanol–water partition coefficient (Wildman–Crippen LogP) is 2.31. The van der Waals surface area contributed by atoms with Gasteiger partial charge in [0.2, 0.25) is 11.8 Å². The zero-order valence-electron chi connectivity index (χ0n) is 15.9. The number of fused-ring (bicyclic) bond motifs is 1. The van der Waals surface area contributed by atoms with E-state index < -0.39 is 0 Å². The van der Waals surface area contributed by atoms with Crippen molar-refractivity contribution in [2.24, 2.45) is 11.8 Å². The molecule has 1 saturated heterocycles. The molecule has 142 valence electrons. The Kier molecular flexibility index (Phi) is 5.69. The molecule has 0 spiro atoms. The SMILES string of the molecule is CC(C)C(=O)N1CCC(C(=O)N(C)Cc2ccc3c(c2)OCCO3)CC1. The normalized spacial score (nSPS) is 17.3. The van der Waals surface area contributed by atoms with Crippen LogP contribution in [0, 0.1) is 11.8 Å². The molecule has 0 aliphatic carbocycles. The first kappa shape index (κ1) is 18.5. The molecule has 0 atom stereocenters. The number of carbonyl (C=O) groups is 2. The second-order valence-corrected chi connectivity index (χ2v) is 7.43. The summed E-state index contributed by atoms with van der Waals surface area (Å²) in [5.41, 5.74) is 1.03. The molecule has 0 saturated carbocycles. The van der Waals surface area contributed by atoms with Gasteiger partial charge in [0.1, 0.15) is 13.2 Å². The second kappa shape index (κ2) is 7.98. The van der Waals surface area contributed by atoms with Crippen LogP contribution in [-0.4, -0.2) is 55.0 Å². The van der Waals surface area contributed by atoms with Crippen molar-refractivity contribution in [3.05, 3.63) is 23.8 Å². The van der Waals surface area contributed by atoms with Gasteiger partial charge in [0.05, 0.1) is 0 Å². The van der Waals surface area contributed by atoms with Gasteiger partial charge in [0.15, 0.2) is 11.5 Å². The van der Waals surface area contributed by atoms with Crippen LogP contribution >= 0.6 is 0 Å². The molecule has 0 unspecified atom stereocenters. The van der Waals surface area contributed by atoms with Crippen LogP contribution in [0.5, 0.6) is 11.5 Å². The number of likely N-dealkylation sites (tertiary alicyclic amines) is 1. The van der Waals surface area contributed by atoms with Gasteiger partial charge >= 0.3 is 0 Å². The number of carbonyl (C=O) groups excluding carboxylic acids is 2. The molecule has 2 aliphatic heterocycles. The number of benzene rings is 1. The first-order valence-corrected chi connectivity index (χ1v) is 9.38. The highest BCUT2D eigenvalue weighted by Gasteiger charge is 2.29. The monoisotopic (exact) mass is 360 g/mol. The first-order chi connectivity index (χ1) is 12.5. The molecule has 0 N–H and O–H groups in total. The summed E-state index contributed by atoms with van der Waals surface area (Å²) in [5.74, 6) is 1.84. The molecule has 2 aliphatic rings. The molecule has 6 nitrogen and oxygen atoms in total. The highest BCUT2D eigenvalue weighted by Crippen LogP contribution is 2.31. The lowest BCUT2D eigenvalue weighted by Gasteiger charge is -2.34. The van der Waals surface area contributed by atoms with Crippen molar-refractivity contribution in [2.45, 2.75) is 33.2 Å². The van der Waals surface area contributed by atoms with Crippen molar-refractivity contribution in [3.8, 4) is 11.5 Å². The van der Waals surface area contributed by atoms with Gasteiger partial charge in [-0.1, -0.05) is 19.9 Å². The third kappa shape index (κ3) is 4.11. The van der Waals surface area contributed by atoms with Crippen LogP contribution < -0.4 is 9.47 Å². The molecular formula is C20H28N2O4. The Morgan fingerprint density at radius 3 is 2.46 bits per heavy atom. The fourth-order valence-corrected chi connectivity index (χ4v) is 3.56. The standard InChI is InChI=1S/C20H28N2O4/c1-14(2)19(23)22-8-6-16(7-9-22)20(24)21(3)13-15-4-5-17-18(12-15)26-11-10-25-17/h4-5,12,14,16H,6-11,13H2,1-3H3. The van der Waals surface area contributed by atoms with E-state index in [2.05, 4.69) is 0 Å². The smallest absolute Gasteiger partial charge is 0.225 e. The lowest BCUT2D eigenvalue weighted by molar-refractivity contribution is -0.141. The van der Waals surface area contributed by atoms with Gasteiger partial charge in [-0.05, 0) is 30.5 Å². The molecule has 26 heavy (non-hydrogen) atoms. The molecule has 0 radical (unpaired) electrons. The van der Waals surface area contributed by atoms with Crippen LogP contribution in [0.25, 0.3) is 0 Å². The van der Waals surface area contributed by atoms with Gasteiger partial charge < -0.3 is 19.3 Å².